The minimum absolute atomic E-state index is 0.240. The summed E-state index contributed by atoms with van der Waals surface area (Å²) in [5, 5.41) is 0. The van der Waals surface area contributed by atoms with Crippen molar-refractivity contribution in [1.82, 2.24) is 4.90 Å². The Morgan fingerprint density at radius 2 is 1.83 bits per heavy atom. The molecule has 2 unspecified atom stereocenters. The van der Waals surface area contributed by atoms with E-state index in [4.69, 9.17) is 5.73 Å². The number of nitrogens with zero attached hydrogens (tertiary/aromatic N) is 1. The summed E-state index contributed by atoms with van der Waals surface area (Å²) in [5.41, 5.74) is 7.50. The Balaban J connectivity index is 3.01. The van der Waals surface area contributed by atoms with Crippen LogP contribution in [0.5, 0.6) is 0 Å². The minimum Gasteiger partial charge on any atom is -0.329 e. The molecule has 2 nitrogen and oxygen atoms in total. The summed E-state index contributed by atoms with van der Waals surface area (Å²) < 4.78 is 1.13. The average Bonchev–Trinajstić information content (AvgIpc) is 2.30. The molecule has 2 N–H and O–H groups in total. The van der Waals surface area contributed by atoms with Crippen molar-refractivity contribution in [2.24, 2.45) is 11.1 Å². The summed E-state index contributed by atoms with van der Waals surface area (Å²) >= 11 is 3.62. The van der Waals surface area contributed by atoms with Gasteiger partial charge in [-0.2, -0.15) is 0 Å². The molecule has 0 aliphatic heterocycles. The van der Waals surface area contributed by atoms with Crippen molar-refractivity contribution in [3.05, 3.63) is 34.3 Å². The third kappa shape index (κ3) is 3.56. The van der Waals surface area contributed by atoms with E-state index in [1.165, 1.54) is 5.56 Å². The molecule has 1 aromatic carbocycles. The van der Waals surface area contributed by atoms with Gasteiger partial charge in [-0.25, -0.2) is 0 Å². The normalized spacial score (nSPS) is 15.8. The first-order valence-corrected chi connectivity index (χ1v) is 7.24. The smallest absolute Gasteiger partial charge is 0.0481 e. The van der Waals surface area contributed by atoms with Crippen molar-refractivity contribution in [3.63, 3.8) is 0 Å². The van der Waals surface area contributed by atoms with Crippen LogP contribution in [0, 0.1) is 5.41 Å². The van der Waals surface area contributed by atoms with E-state index >= 15 is 0 Å². The summed E-state index contributed by atoms with van der Waals surface area (Å²) in [5.74, 6) is 0. The second-order valence-corrected chi connectivity index (χ2v) is 6.83. The average molecular weight is 313 g/mol. The summed E-state index contributed by atoms with van der Waals surface area (Å²) in [6.07, 6.45) is 0. The van der Waals surface area contributed by atoms with Crippen LogP contribution in [0.3, 0.4) is 0 Å². The van der Waals surface area contributed by atoms with Crippen LogP contribution < -0.4 is 5.73 Å². The number of hydrogen-bond donors (Lipinski definition) is 1. The highest BCUT2D eigenvalue weighted by atomic mass is 79.9. The first kappa shape index (κ1) is 15.7. The molecule has 0 radical (unpaired) electrons. The number of likely N-dealkylation sites (N-methyl/N-ethyl adjacent to an activating group) is 1. The van der Waals surface area contributed by atoms with Gasteiger partial charge in [-0.15, -0.1) is 0 Å². The molecule has 0 aliphatic carbocycles. The van der Waals surface area contributed by atoms with Crippen LogP contribution in [0.15, 0.2) is 28.7 Å². The number of hydrogen-bond acceptors (Lipinski definition) is 2. The van der Waals surface area contributed by atoms with Crippen molar-refractivity contribution >= 4 is 15.9 Å². The van der Waals surface area contributed by atoms with E-state index in [9.17, 15) is 0 Å². The lowest BCUT2D eigenvalue weighted by Gasteiger charge is -2.40. The van der Waals surface area contributed by atoms with Crippen LogP contribution in [0.4, 0.5) is 0 Å². The fourth-order valence-electron chi connectivity index (χ4n) is 2.14. The van der Waals surface area contributed by atoms with Crippen LogP contribution in [0.2, 0.25) is 0 Å². The van der Waals surface area contributed by atoms with E-state index in [0.29, 0.717) is 12.6 Å². The summed E-state index contributed by atoms with van der Waals surface area (Å²) in [4.78, 5) is 2.38. The van der Waals surface area contributed by atoms with E-state index < -0.39 is 0 Å². The molecular formula is C15H25BrN2. The standard InChI is InChI=1S/C15H25BrN2/c1-11(15(2,3)4)18(5)14(10-17)12-8-6-7-9-13(12)16/h6-9,11,14H,10,17H2,1-5H3. The number of rotatable bonds is 4. The second kappa shape index (κ2) is 6.18. The van der Waals surface area contributed by atoms with Gasteiger partial charge >= 0.3 is 0 Å². The Bertz CT molecular complexity index is 384. The zero-order chi connectivity index (χ0) is 13.9. The number of benzene rings is 1. The van der Waals surface area contributed by atoms with Crippen LogP contribution in [-0.2, 0) is 0 Å². The van der Waals surface area contributed by atoms with Crippen LogP contribution in [0.25, 0.3) is 0 Å². The van der Waals surface area contributed by atoms with Crippen LogP contribution >= 0.6 is 15.9 Å². The van der Waals surface area contributed by atoms with Gasteiger partial charge in [0.25, 0.3) is 0 Å². The fourth-order valence-corrected chi connectivity index (χ4v) is 2.69. The molecular weight excluding hydrogens is 288 g/mol. The summed E-state index contributed by atoms with van der Waals surface area (Å²) in [7, 11) is 2.16. The molecule has 1 aromatic rings. The molecule has 3 heteroatoms. The zero-order valence-corrected chi connectivity index (χ0v) is 13.7. The lowest BCUT2D eigenvalue weighted by molar-refractivity contribution is 0.0998. The predicted octanol–water partition coefficient (Wildman–Crippen LogP) is 3.82. The Morgan fingerprint density at radius 1 is 1.28 bits per heavy atom. The molecule has 0 heterocycles. The Kier molecular flexibility index (Phi) is 5.38. The zero-order valence-electron chi connectivity index (χ0n) is 12.1. The van der Waals surface area contributed by atoms with Crippen LogP contribution in [0.1, 0.15) is 39.3 Å². The maximum Gasteiger partial charge on any atom is 0.0481 e. The van der Waals surface area contributed by atoms with Gasteiger partial charge in [0.15, 0.2) is 0 Å². The molecule has 102 valence electrons. The van der Waals surface area contributed by atoms with Gasteiger partial charge in [0.2, 0.25) is 0 Å². The molecule has 0 saturated heterocycles. The van der Waals surface area contributed by atoms with E-state index in [-0.39, 0.29) is 11.5 Å². The van der Waals surface area contributed by atoms with Crippen molar-refractivity contribution in [2.75, 3.05) is 13.6 Å². The quantitative estimate of drug-likeness (QED) is 0.916. The molecule has 2 atom stereocenters. The van der Waals surface area contributed by atoms with Gasteiger partial charge in [-0.3, -0.25) is 4.90 Å². The molecule has 0 aliphatic rings. The van der Waals surface area contributed by atoms with Crippen molar-refractivity contribution in [1.29, 1.82) is 0 Å². The van der Waals surface area contributed by atoms with E-state index in [2.05, 4.69) is 73.8 Å². The van der Waals surface area contributed by atoms with Gasteiger partial charge in [-0.1, -0.05) is 54.9 Å². The maximum atomic E-state index is 5.99. The molecule has 0 spiro atoms. The van der Waals surface area contributed by atoms with Crippen molar-refractivity contribution in [2.45, 2.75) is 39.8 Å². The second-order valence-electron chi connectivity index (χ2n) is 5.98. The van der Waals surface area contributed by atoms with Crippen molar-refractivity contribution < 1.29 is 0 Å². The fraction of sp³-hybridized carbons (Fsp3) is 0.600. The topological polar surface area (TPSA) is 29.3 Å². The summed E-state index contributed by atoms with van der Waals surface area (Å²) in [6.45, 7) is 9.68. The van der Waals surface area contributed by atoms with E-state index in [0.717, 1.165) is 4.47 Å². The SMILES string of the molecule is CC(N(C)C(CN)c1ccccc1Br)C(C)(C)C. The highest BCUT2D eigenvalue weighted by Crippen LogP contribution is 2.32. The van der Waals surface area contributed by atoms with Gasteiger partial charge < -0.3 is 5.73 Å². The van der Waals surface area contributed by atoms with Crippen molar-refractivity contribution in [3.8, 4) is 0 Å². The number of nitrogens with two attached hydrogens (primary N) is 1. The van der Waals surface area contributed by atoms with Gasteiger partial charge in [0.05, 0.1) is 0 Å². The molecule has 0 amide bonds. The van der Waals surface area contributed by atoms with Gasteiger partial charge in [0.1, 0.15) is 0 Å². The molecule has 1 rings (SSSR count). The van der Waals surface area contributed by atoms with E-state index in [1.54, 1.807) is 0 Å². The lowest BCUT2D eigenvalue weighted by Crippen LogP contribution is -2.43. The third-order valence-corrected chi connectivity index (χ3v) is 4.57. The highest BCUT2D eigenvalue weighted by Gasteiger charge is 2.29. The molecule has 0 aromatic heterocycles. The molecule has 0 bridgehead atoms. The maximum absolute atomic E-state index is 5.99. The molecule has 0 fully saturated rings. The Hall–Kier alpha value is -0.380. The molecule has 18 heavy (non-hydrogen) atoms. The number of halogens is 1. The first-order chi connectivity index (χ1) is 8.29. The molecule has 0 saturated carbocycles. The van der Waals surface area contributed by atoms with Crippen LogP contribution in [-0.4, -0.2) is 24.5 Å². The monoisotopic (exact) mass is 312 g/mol. The predicted molar refractivity (Wildman–Crippen MR) is 82.6 cm³/mol. The Labute approximate surface area is 120 Å². The minimum atomic E-state index is 0.240. The first-order valence-electron chi connectivity index (χ1n) is 6.45. The lowest BCUT2D eigenvalue weighted by atomic mass is 9.86. The van der Waals surface area contributed by atoms with Gasteiger partial charge in [0, 0.05) is 23.1 Å². The van der Waals surface area contributed by atoms with Gasteiger partial charge in [-0.05, 0) is 31.0 Å². The highest BCUT2D eigenvalue weighted by molar-refractivity contribution is 9.10. The largest absolute Gasteiger partial charge is 0.329 e. The Morgan fingerprint density at radius 3 is 2.28 bits per heavy atom. The van der Waals surface area contributed by atoms with E-state index in [1.807, 2.05) is 6.07 Å². The summed E-state index contributed by atoms with van der Waals surface area (Å²) in [6, 6.07) is 9.03. The third-order valence-electron chi connectivity index (χ3n) is 3.84.